The van der Waals surface area contributed by atoms with E-state index in [2.05, 4.69) is 43.4 Å². The molecule has 1 aliphatic rings. The molecule has 0 spiro atoms. The molecule has 31 heavy (non-hydrogen) atoms. The van der Waals surface area contributed by atoms with Gasteiger partial charge in [-0.1, -0.05) is 44.2 Å². The van der Waals surface area contributed by atoms with Crippen molar-refractivity contribution in [2.45, 2.75) is 26.7 Å². The molecule has 0 radical (unpaired) electrons. The largest absolute Gasteiger partial charge is 0.497 e. The minimum atomic E-state index is -0.103. The Balaban J connectivity index is 1.61. The van der Waals surface area contributed by atoms with E-state index in [1.165, 1.54) is 5.39 Å². The molecular formula is C26H25N3O2. The van der Waals surface area contributed by atoms with Crippen molar-refractivity contribution in [3.05, 3.63) is 78.0 Å². The van der Waals surface area contributed by atoms with Gasteiger partial charge in [0.05, 0.1) is 24.1 Å². The van der Waals surface area contributed by atoms with Gasteiger partial charge in [0.15, 0.2) is 11.6 Å². The van der Waals surface area contributed by atoms with E-state index < -0.39 is 0 Å². The first-order valence-corrected chi connectivity index (χ1v) is 10.5. The molecule has 1 aliphatic carbocycles. The normalized spacial score (nSPS) is 15.0. The van der Waals surface area contributed by atoms with Crippen LogP contribution in [0.3, 0.4) is 0 Å². The van der Waals surface area contributed by atoms with E-state index in [0.717, 1.165) is 34.6 Å². The molecule has 5 heteroatoms. The van der Waals surface area contributed by atoms with Crippen LogP contribution >= 0.6 is 0 Å². The zero-order chi connectivity index (χ0) is 21.6. The Morgan fingerprint density at radius 2 is 1.71 bits per heavy atom. The van der Waals surface area contributed by atoms with Crippen LogP contribution in [-0.2, 0) is 6.42 Å². The molecule has 1 aromatic heterocycles. The number of methoxy groups -OCH3 is 1. The molecule has 0 aliphatic heterocycles. The zero-order valence-electron chi connectivity index (χ0n) is 18.0. The van der Waals surface area contributed by atoms with Crippen LogP contribution in [0.25, 0.3) is 16.5 Å². The van der Waals surface area contributed by atoms with Crippen molar-refractivity contribution in [1.29, 1.82) is 0 Å². The molecule has 0 unspecified atom stereocenters. The van der Waals surface area contributed by atoms with Crippen LogP contribution in [0.15, 0.2) is 66.7 Å². The molecule has 1 heterocycles. The van der Waals surface area contributed by atoms with Gasteiger partial charge < -0.3 is 10.1 Å². The number of anilines is 2. The Bertz CT molecular complexity index is 1290. The number of nitrogens with one attached hydrogen (secondary N) is 1. The van der Waals surface area contributed by atoms with Crippen molar-refractivity contribution in [2.75, 3.05) is 12.4 Å². The smallest absolute Gasteiger partial charge is 0.169 e. The molecule has 1 N–H and O–H groups in total. The summed E-state index contributed by atoms with van der Waals surface area (Å²) in [6, 6.07) is 22.2. The topological polar surface area (TPSA) is 56.1 Å². The van der Waals surface area contributed by atoms with Crippen LogP contribution in [0, 0.1) is 5.41 Å². The van der Waals surface area contributed by atoms with E-state index >= 15 is 0 Å². The fourth-order valence-corrected chi connectivity index (χ4v) is 4.38. The maximum absolute atomic E-state index is 13.2. The molecule has 0 saturated carbocycles. The number of carbonyl (C=O) groups is 1. The number of ketones is 1. The van der Waals surface area contributed by atoms with Crippen LogP contribution in [0.4, 0.5) is 11.5 Å². The summed E-state index contributed by atoms with van der Waals surface area (Å²) in [6.07, 6.45) is 1.30. The second-order valence-electron chi connectivity index (χ2n) is 8.91. The Kier molecular flexibility index (Phi) is 4.54. The molecule has 4 aromatic rings. The standard InChI is InChI=1S/C26H25N3O2/c1-26(2)15-22-24(23(30)16-26)25(28-29(22)20-10-12-21(31-3)13-11-20)27-19-9-8-17-6-4-5-7-18(17)14-19/h4-14H,15-16H2,1-3H3,(H,27,28). The fraction of sp³-hybridized carbons (Fsp3) is 0.231. The van der Waals surface area contributed by atoms with Crippen LogP contribution in [0.5, 0.6) is 5.75 Å². The third-order valence-corrected chi connectivity index (χ3v) is 5.87. The van der Waals surface area contributed by atoms with Gasteiger partial charge in [-0.3, -0.25) is 4.79 Å². The molecule has 5 rings (SSSR count). The highest BCUT2D eigenvalue weighted by Gasteiger charge is 2.37. The Hall–Kier alpha value is -3.60. The summed E-state index contributed by atoms with van der Waals surface area (Å²) in [5.41, 5.74) is 3.37. The summed E-state index contributed by atoms with van der Waals surface area (Å²) in [4.78, 5) is 13.2. The number of hydrogen-bond donors (Lipinski definition) is 1. The van der Waals surface area contributed by atoms with Gasteiger partial charge in [-0.15, -0.1) is 5.10 Å². The van der Waals surface area contributed by atoms with Crippen molar-refractivity contribution in [3.63, 3.8) is 0 Å². The highest BCUT2D eigenvalue weighted by atomic mass is 16.5. The third kappa shape index (κ3) is 3.56. The van der Waals surface area contributed by atoms with Crippen molar-refractivity contribution >= 4 is 28.1 Å². The lowest BCUT2D eigenvalue weighted by molar-refractivity contribution is 0.0912. The highest BCUT2D eigenvalue weighted by Crippen LogP contribution is 2.39. The van der Waals surface area contributed by atoms with Crippen molar-refractivity contribution in [1.82, 2.24) is 9.78 Å². The molecule has 3 aromatic carbocycles. The predicted molar refractivity (Wildman–Crippen MR) is 124 cm³/mol. The number of fused-ring (bicyclic) bond motifs is 2. The predicted octanol–water partition coefficient (Wildman–Crippen LogP) is 5.93. The summed E-state index contributed by atoms with van der Waals surface area (Å²) in [5.74, 6) is 1.53. The maximum atomic E-state index is 13.2. The van der Waals surface area contributed by atoms with Crippen molar-refractivity contribution in [2.24, 2.45) is 5.41 Å². The minimum absolute atomic E-state index is 0.103. The first-order valence-electron chi connectivity index (χ1n) is 10.5. The SMILES string of the molecule is COc1ccc(-n2nc(Nc3ccc4ccccc4c3)c3c2CC(C)(C)CC3=O)cc1. The van der Waals surface area contributed by atoms with Crippen molar-refractivity contribution in [3.8, 4) is 11.4 Å². The first-order chi connectivity index (χ1) is 14.9. The average molecular weight is 412 g/mol. The van der Waals surface area contributed by atoms with Crippen LogP contribution < -0.4 is 10.1 Å². The number of ether oxygens (including phenoxy) is 1. The summed E-state index contributed by atoms with van der Waals surface area (Å²) in [5, 5.41) is 10.6. The number of rotatable bonds is 4. The summed E-state index contributed by atoms with van der Waals surface area (Å²) in [7, 11) is 1.65. The van der Waals surface area contributed by atoms with Crippen molar-refractivity contribution < 1.29 is 9.53 Å². The fourth-order valence-electron chi connectivity index (χ4n) is 4.38. The molecule has 0 saturated heterocycles. The van der Waals surface area contributed by atoms with Crippen LogP contribution in [0.1, 0.15) is 36.3 Å². The number of carbonyl (C=O) groups excluding carboxylic acids is 1. The van der Waals surface area contributed by atoms with Gasteiger partial charge in [0.25, 0.3) is 0 Å². The van der Waals surface area contributed by atoms with Gasteiger partial charge >= 0.3 is 0 Å². The highest BCUT2D eigenvalue weighted by molar-refractivity contribution is 6.04. The van der Waals surface area contributed by atoms with Gasteiger partial charge in [0.1, 0.15) is 5.75 Å². The number of aromatic nitrogens is 2. The summed E-state index contributed by atoms with van der Waals surface area (Å²) < 4.78 is 7.19. The molecular weight excluding hydrogens is 386 g/mol. The third-order valence-electron chi connectivity index (χ3n) is 5.87. The molecule has 0 amide bonds. The number of hydrogen-bond acceptors (Lipinski definition) is 4. The molecule has 0 fully saturated rings. The van der Waals surface area contributed by atoms with E-state index in [1.54, 1.807) is 7.11 Å². The Morgan fingerprint density at radius 3 is 2.45 bits per heavy atom. The van der Waals surface area contributed by atoms with Gasteiger partial charge in [-0.25, -0.2) is 4.68 Å². The van der Waals surface area contributed by atoms with Gasteiger partial charge in [-0.05, 0) is 59.0 Å². The number of benzene rings is 3. The van der Waals surface area contributed by atoms with Gasteiger partial charge in [-0.2, -0.15) is 0 Å². The second-order valence-corrected chi connectivity index (χ2v) is 8.91. The average Bonchev–Trinajstić information content (AvgIpc) is 3.10. The number of Topliss-reactive ketones (excluding diaryl/α,β-unsaturated/α-hetero) is 1. The Morgan fingerprint density at radius 1 is 0.968 bits per heavy atom. The maximum Gasteiger partial charge on any atom is 0.169 e. The molecule has 156 valence electrons. The van der Waals surface area contributed by atoms with Gasteiger partial charge in [0.2, 0.25) is 0 Å². The Labute approximate surface area is 181 Å². The molecule has 0 atom stereocenters. The lowest BCUT2D eigenvalue weighted by Crippen LogP contribution is -2.28. The lowest BCUT2D eigenvalue weighted by atomic mass is 9.76. The monoisotopic (exact) mass is 411 g/mol. The second kappa shape index (κ2) is 7.27. The van der Waals surface area contributed by atoms with E-state index in [4.69, 9.17) is 9.84 Å². The first kappa shape index (κ1) is 19.4. The van der Waals surface area contributed by atoms with E-state index in [9.17, 15) is 4.79 Å². The van der Waals surface area contributed by atoms with Gasteiger partial charge in [0, 0.05) is 12.1 Å². The minimum Gasteiger partial charge on any atom is -0.497 e. The summed E-state index contributed by atoms with van der Waals surface area (Å²) in [6.45, 7) is 4.27. The van der Waals surface area contributed by atoms with E-state index in [-0.39, 0.29) is 11.2 Å². The molecule has 5 nitrogen and oxygen atoms in total. The lowest BCUT2D eigenvalue weighted by Gasteiger charge is -2.29. The van der Waals surface area contributed by atoms with Crippen LogP contribution in [-0.4, -0.2) is 22.7 Å². The van der Waals surface area contributed by atoms with Crippen LogP contribution in [0.2, 0.25) is 0 Å². The molecule has 0 bridgehead atoms. The summed E-state index contributed by atoms with van der Waals surface area (Å²) >= 11 is 0. The van der Waals surface area contributed by atoms with E-state index in [1.807, 2.05) is 47.1 Å². The van der Waals surface area contributed by atoms with E-state index in [0.29, 0.717) is 17.8 Å². The number of nitrogens with zero attached hydrogens (tertiary/aromatic N) is 2. The quantitative estimate of drug-likeness (QED) is 0.452. The zero-order valence-corrected chi connectivity index (χ0v) is 18.0.